The second-order valence-electron chi connectivity index (χ2n) is 0. The maximum Gasteiger partial charge on any atom is 0 e. The molecule has 4 heavy (non-hydrogen) atoms. The first kappa shape index (κ1) is 28.7. The van der Waals surface area contributed by atoms with E-state index in [9.17, 15) is 0 Å². The van der Waals surface area contributed by atoms with E-state index >= 15 is 0 Å². The predicted molar refractivity (Wildman–Crippen MR) is 0 cm³/mol. The second-order valence-corrected chi connectivity index (χ2v) is 0. The predicted octanol–water partition coefficient (Wildman–Crippen LogP) is -0.00750. The molecule has 0 unspecified atom stereocenters. The van der Waals surface area contributed by atoms with E-state index in [1.807, 2.05) is 0 Å². The van der Waals surface area contributed by atoms with Gasteiger partial charge >= 0.3 is 0 Å². The molecule has 0 saturated heterocycles. The van der Waals surface area contributed by atoms with E-state index in [1.165, 1.54) is 0 Å². The average molecular weight is 321 g/mol. The first-order valence-corrected chi connectivity index (χ1v) is 0. The molecule has 0 amide bonds. The van der Waals surface area contributed by atoms with Crippen molar-refractivity contribution in [3.8, 4) is 0 Å². The van der Waals surface area contributed by atoms with Gasteiger partial charge in [-0.25, -0.2) is 0 Å². The van der Waals surface area contributed by atoms with Crippen molar-refractivity contribution in [3.63, 3.8) is 0 Å². The first-order chi connectivity index (χ1) is 0. The zero-order chi connectivity index (χ0) is 0. The van der Waals surface area contributed by atoms with Crippen molar-refractivity contribution in [1.29, 1.82) is 0 Å². The van der Waals surface area contributed by atoms with E-state index in [1.54, 1.807) is 0 Å². The van der Waals surface area contributed by atoms with Crippen molar-refractivity contribution in [3.05, 3.63) is 0 Å². The molecular weight excluding hydrogens is 321 g/mol. The summed E-state index contributed by atoms with van der Waals surface area (Å²) in [6, 6.07) is 0. The van der Waals surface area contributed by atoms with Crippen molar-refractivity contribution in [2.24, 2.45) is 0 Å². The minimum Gasteiger partial charge on any atom is 0 e. The van der Waals surface area contributed by atoms with Gasteiger partial charge in [0.1, 0.15) is 0 Å². The van der Waals surface area contributed by atoms with Gasteiger partial charge in [-0.2, -0.15) is 0 Å². The van der Waals surface area contributed by atoms with Crippen LogP contribution >= 0.6 is 0 Å². The third-order valence-electron chi connectivity index (χ3n) is 0. The molecule has 0 aromatic rings. The zero-order valence-corrected chi connectivity index (χ0v) is 7.83. The van der Waals surface area contributed by atoms with Gasteiger partial charge in [-0.3, -0.25) is 0 Å². The van der Waals surface area contributed by atoms with Crippen LogP contribution in [0.3, 0.4) is 0 Å². The summed E-state index contributed by atoms with van der Waals surface area (Å²) < 4.78 is 0. The maximum absolute atomic E-state index is 0. The van der Waals surface area contributed by atoms with Gasteiger partial charge < -0.3 is 0 Å². The summed E-state index contributed by atoms with van der Waals surface area (Å²) in [6.45, 7) is 0. The molecule has 0 atom stereocenters. The second kappa shape index (κ2) is 16.9. The Morgan fingerprint density at radius 3 is 0.500 bits per heavy atom. The Hall–Kier alpha value is 2.87. The molecule has 0 rings (SSSR count). The van der Waals surface area contributed by atoms with Gasteiger partial charge in [-0.1, -0.05) is 0 Å². The number of hydrogen-bond donors (Lipinski definition) is 0. The Balaban J connectivity index is 0. The summed E-state index contributed by atoms with van der Waals surface area (Å²) in [5, 5.41) is 0. The van der Waals surface area contributed by atoms with Crippen molar-refractivity contribution >= 4 is 0 Å². The van der Waals surface area contributed by atoms with Crippen LogP contribution in [-0.4, -0.2) is 0 Å². The third kappa shape index (κ3) is 8.85. The van der Waals surface area contributed by atoms with Gasteiger partial charge in [0, 0.05) is 91.2 Å². The Labute approximate surface area is 89.4 Å². The molecule has 0 aromatic heterocycles. The standard InChI is InChI=1S/3Co.Nd. The summed E-state index contributed by atoms with van der Waals surface area (Å²) in [4.78, 5) is 0. The largest absolute Gasteiger partial charge is 0 e. The van der Waals surface area contributed by atoms with Crippen molar-refractivity contribution in [2.45, 2.75) is 0 Å². The molecule has 0 saturated carbocycles. The van der Waals surface area contributed by atoms with Gasteiger partial charge in [0.05, 0.1) is 0 Å². The van der Waals surface area contributed by atoms with Crippen molar-refractivity contribution in [2.75, 3.05) is 0 Å². The van der Waals surface area contributed by atoms with Crippen molar-refractivity contribution < 1.29 is 91.2 Å². The molecule has 0 aliphatic rings. The van der Waals surface area contributed by atoms with Gasteiger partial charge in [-0.05, 0) is 0 Å². The molecule has 0 N–H and O–H groups in total. The molecule has 0 fully saturated rings. The monoisotopic (exact) mass is 319 g/mol. The minimum absolute atomic E-state index is 0. The molecule has 0 aromatic carbocycles. The summed E-state index contributed by atoms with van der Waals surface area (Å²) in [6.07, 6.45) is 0. The van der Waals surface area contributed by atoms with Crippen LogP contribution in [0.4, 0.5) is 0 Å². The van der Waals surface area contributed by atoms with Gasteiger partial charge in [0.25, 0.3) is 0 Å². The van der Waals surface area contributed by atoms with Crippen LogP contribution < -0.4 is 0 Å². The summed E-state index contributed by atoms with van der Waals surface area (Å²) in [5.74, 6) is 0. The van der Waals surface area contributed by atoms with Crippen LogP contribution in [0.1, 0.15) is 0 Å². The van der Waals surface area contributed by atoms with E-state index < -0.39 is 0 Å². The molecule has 3 radical (unpaired) electrons. The first-order valence-electron chi connectivity index (χ1n) is 0. The summed E-state index contributed by atoms with van der Waals surface area (Å²) in [7, 11) is 0. The Morgan fingerprint density at radius 1 is 0.500 bits per heavy atom. The Morgan fingerprint density at radius 2 is 0.500 bits per heavy atom. The SMILES string of the molecule is [Co].[Co].[Co].[Nd]. The number of rotatable bonds is 0. The smallest absolute Gasteiger partial charge is 0 e. The molecule has 31 valence electrons. The van der Waals surface area contributed by atoms with E-state index in [0.29, 0.717) is 0 Å². The van der Waals surface area contributed by atoms with Crippen LogP contribution in [0.5, 0.6) is 0 Å². The van der Waals surface area contributed by atoms with E-state index in [4.69, 9.17) is 0 Å². The average Bonchev–Trinajstić information content (AvgIpc) is 0. The summed E-state index contributed by atoms with van der Waals surface area (Å²) in [5.41, 5.74) is 0. The fourth-order valence-corrected chi connectivity index (χ4v) is 0. The van der Waals surface area contributed by atoms with Crippen molar-refractivity contribution in [1.82, 2.24) is 0 Å². The maximum atomic E-state index is 0. The fourth-order valence-electron chi connectivity index (χ4n) is 0. The topological polar surface area (TPSA) is 0 Å². The molecule has 0 aliphatic heterocycles. The fraction of sp³-hybridized carbons (Fsp3) is 0. The third-order valence-corrected chi connectivity index (χ3v) is 0. The molecule has 0 spiro atoms. The van der Waals surface area contributed by atoms with Crippen LogP contribution in [0.2, 0.25) is 0 Å². The Bertz CT molecular complexity index is 3.25. The van der Waals surface area contributed by atoms with Crippen LogP contribution in [0.25, 0.3) is 0 Å². The molecule has 0 bridgehead atoms. The summed E-state index contributed by atoms with van der Waals surface area (Å²) >= 11 is 0. The van der Waals surface area contributed by atoms with Crippen LogP contribution in [-0.2, 0) is 50.3 Å². The molecule has 4 heteroatoms. The number of hydrogen-bond acceptors (Lipinski definition) is 0. The zero-order valence-electron chi connectivity index (χ0n) is 1.50. The molecular formula is Co3Nd. The minimum atomic E-state index is 0. The van der Waals surface area contributed by atoms with Gasteiger partial charge in [-0.15, -0.1) is 0 Å². The van der Waals surface area contributed by atoms with E-state index in [-0.39, 0.29) is 91.2 Å². The molecule has 0 nitrogen and oxygen atoms in total. The Kier molecular flexibility index (Phi) is 121. The normalized spacial score (nSPS) is 0. The van der Waals surface area contributed by atoms with E-state index in [0.717, 1.165) is 0 Å². The van der Waals surface area contributed by atoms with Gasteiger partial charge in [0.15, 0.2) is 0 Å². The molecule has 0 heterocycles. The quantitative estimate of drug-likeness (QED) is 0.589. The van der Waals surface area contributed by atoms with E-state index in [2.05, 4.69) is 0 Å². The van der Waals surface area contributed by atoms with Gasteiger partial charge in [0.2, 0.25) is 0 Å². The van der Waals surface area contributed by atoms with Crippen LogP contribution in [0.15, 0.2) is 0 Å². The van der Waals surface area contributed by atoms with Crippen LogP contribution in [0, 0.1) is 40.8 Å². The molecule has 0 aliphatic carbocycles.